The summed E-state index contributed by atoms with van der Waals surface area (Å²) in [4.78, 5) is 8.62. The molecule has 3 nitrogen and oxygen atoms in total. The first-order valence-corrected chi connectivity index (χ1v) is 6.26. The molecule has 16 heavy (non-hydrogen) atoms. The molecule has 0 saturated heterocycles. The van der Waals surface area contributed by atoms with Crippen molar-refractivity contribution in [2.75, 3.05) is 6.54 Å². The molecule has 1 aliphatic rings. The fourth-order valence-corrected chi connectivity index (χ4v) is 2.68. The highest BCUT2D eigenvalue weighted by molar-refractivity contribution is 5.20. The fourth-order valence-electron chi connectivity index (χ4n) is 2.68. The summed E-state index contributed by atoms with van der Waals surface area (Å²) in [5.41, 5.74) is 7.40. The van der Waals surface area contributed by atoms with Crippen molar-refractivity contribution in [1.82, 2.24) is 9.97 Å². The number of nitrogens with two attached hydrogens (primary N) is 1. The summed E-state index contributed by atoms with van der Waals surface area (Å²) in [5.74, 6) is 0.838. The first kappa shape index (κ1) is 11.5. The molecule has 0 atom stereocenters. The largest absolute Gasteiger partial charge is 0.330 e. The van der Waals surface area contributed by atoms with E-state index < -0.39 is 0 Å². The number of nitrogens with zero attached hydrogens (tertiary/aromatic N) is 2. The number of aromatic nitrogens is 2. The molecule has 0 unspecified atom stereocenters. The number of hydrogen-bond donors (Lipinski definition) is 1. The van der Waals surface area contributed by atoms with Crippen molar-refractivity contribution < 1.29 is 0 Å². The van der Waals surface area contributed by atoms with E-state index in [1.807, 2.05) is 19.3 Å². The quantitative estimate of drug-likeness (QED) is 0.777. The van der Waals surface area contributed by atoms with Gasteiger partial charge in [-0.2, -0.15) is 0 Å². The second-order valence-corrected chi connectivity index (χ2v) is 4.92. The molecule has 2 rings (SSSR count). The van der Waals surface area contributed by atoms with Crippen LogP contribution in [0.1, 0.15) is 49.9 Å². The van der Waals surface area contributed by atoms with E-state index in [-0.39, 0.29) is 5.41 Å². The summed E-state index contributed by atoms with van der Waals surface area (Å²) in [6, 6.07) is 0. The van der Waals surface area contributed by atoms with Crippen LogP contribution < -0.4 is 5.73 Å². The third-order valence-corrected chi connectivity index (χ3v) is 3.84. The van der Waals surface area contributed by atoms with E-state index in [9.17, 15) is 0 Å². The van der Waals surface area contributed by atoms with Gasteiger partial charge in [-0.3, -0.25) is 0 Å². The highest BCUT2D eigenvalue weighted by atomic mass is 14.9. The molecule has 0 bridgehead atoms. The van der Waals surface area contributed by atoms with Gasteiger partial charge in [0, 0.05) is 24.4 Å². The Hall–Kier alpha value is -0.960. The Morgan fingerprint density at radius 2 is 1.69 bits per heavy atom. The molecule has 0 radical (unpaired) electrons. The summed E-state index contributed by atoms with van der Waals surface area (Å²) < 4.78 is 0. The first-order valence-electron chi connectivity index (χ1n) is 6.26. The van der Waals surface area contributed by atoms with Crippen molar-refractivity contribution in [2.45, 2.75) is 50.9 Å². The average Bonchev–Trinajstić information content (AvgIpc) is 2.56. The lowest BCUT2D eigenvalue weighted by molar-refractivity contribution is 0.378. The van der Waals surface area contributed by atoms with Gasteiger partial charge in [-0.05, 0) is 25.3 Å². The third-order valence-electron chi connectivity index (χ3n) is 3.84. The van der Waals surface area contributed by atoms with E-state index in [4.69, 9.17) is 5.73 Å². The maximum atomic E-state index is 6.02. The fraction of sp³-hybridized carbons (Fsp3) is 0.692. The summed E-state index contributed by atoms with van der Waals surface area (Å²) in [6.45, 7) is 2.64. The van der Waals surface area contributed by atoms with Gasteiger partial charge in [0.2, 0.25) is 0 Å². The lowest BCUT2D eigenvalue weighted by Crippen LogP contribution is -2.35. The molecule has 0 spiro atoms. The molecule has 2 N–H and O–H groups in total. The zero-order valence-electron chi connectivity index (χ0n) is 10.1. The van der Waals surface area contributed by atoms with E-state index in [2.05, 4.69) is 9.97 Å². The normalized spacial score (nSPS) is 20.4. The molecule has 1 aromatic rings. The van der Waals surface area contributed by atoms with Gasteiger partial charge in [-0.25, -0.2) is 9.97 Å². The lowest BCUT2D eigenvalue weighted by Gasteiger charge is -2.31. The Morgan fingerprint density at radius 1 is 1.12 bits per heavy atom. The van der Waals surface area contributed by atoms with Gasteiger partial charge < -0.3 is 5.73 Å². The minimum atomic E-state index is 0.143. The lowest BCUT2D eigenvalue weighted by atomic mass is 9.75. The summed E-state index contributed by atoms with van der Waals surface area (Å²) in [5, 5.41) is 0. The highest BCUT2D eigenvalue weighted by Gasteiger charge is 2.31. The summed E-state index contributed by atoms with van der Waals surface area (Å²) in [7, 11) is 0. The molecule has 1 fully saturated rings. The first-order chi connectivity index (χ1) is 7.77. The van der Waals surface area contributed by atoms with E-state index in [1.165, 1.54) is 44.1 Å². The Kier molecular flexibility index (Phi) is 3.54. The van der Waals surface area contributed by atoms with Crippen molar-refractivity contribution >= 4 is 0 Å². The number of rotatable bonds is 2. The van der Waals surface area contributed by atoms with Gasteiger partial charge in [-0.15, -0.1) is 0 Å². The second-order valence-electron chi connectivity index (χ2n) is 4.92. The van der Waals surface area contributed by atoms with Crippen molar-refractivity contribution in [2.24, 2.45) is 5.73 Å². The Balaban J connectivity index is 2.28. The van der Waals surface area contributed by atoms with Crippen molar-refractivity contribution in [3.05, 3.63) is 23.8 Å². The molecule has 0 amide bonds. The molecule has 1 heterocycles. The van der Waals surface area contributed by atoms with Crippen LogP contribution in [0, 0.1) is 6.92 Å². The molecule has 1 aromatic heterocycles. The monoisotopic (exact) mass is 219 g/mol. The van der Waals surface area contributed by atoms with Crippen molar-refractivity contribution in [3.8, 4) is 0 Å². The van der Waals surface area contributed by atoms with Gasteiger partial charge in [0.1, 0.15) is 5.82 Å². The molecular formula is C13H21N3. The van der Waals surface area contributed by atoms with E-state index in [0.29, 0.717) is 0 Å². The topological polar surface area (TPSA) is 51.8 Å². The van der Waals surface area contributed by atoms with Crippen LogP contribution in [0.2, 0.25) is 0 Å². The number of hydrogen-bond acceptors (Lipinski definition) is 3. The summed E-state index contributed by atoms with van der Waals surface area (Å²) in [6.07, 6.45) is 11.6. The maximum Gasteiger partial charge on any atom is 0.125 e. The van der Waals surface area contributed by atoms with E-state index in [0.717, 1.165) is 12.4 Å². The standard InChI is InChI=1S/C13H21N3/c1-11-15-8-12(9-16-11)13(10-14)6-4-2-3-5-7-13/h8-9H,2-7,10,14H2,1H3. The van der Waals surface area contributed by atoms with Crippen LogP contribution in [0.5, 0.6) is 0 Å². The minimum absolute atomic E-state index is 0.143. The van der Waals surface area contributed by atoms with Crippen LogP contribution >= 0.6 is 0 Å². The molecule has 3 heteroatoms. The summed E-state index contributed by atoms with van der Waals surface area (Å²) >= 11 is 0. The van der Waals surface area contributed by atoms with Crippen LogP contribution in [-0.2, 0) is 5.41 Å². The van der Waals surface area contributed by atoms with E-state index >= 15 is 0 Å². The Labute approximate surface area is 97.5 Å². The third kappa shape index (κ3) is 2.24. The van der Waals surface area contributed by atoms with Crippen LogP contribution in [0.4, 0.5) is 0 Å². The van der Waals surface area contributed by atoms with Gasteiger partial charge >= 0.3 is 0 Å². The zero-order valence-corrected chi connectivity index (χ0v) is 10.1. The van der Waals surface area contributed by atoms with Crippen molar-refractivity contribution in [3.63, 3.8) is 0 Å². The smallest absolute Gasteiger partial charge is 0.125 e. The van der Waals surface area contributed by atoms with E-state index in [1.54, 1.807) is 0 Å². The predicted octanol–water partition coefficient (Wildman–Crippen LogP) is 2.34. The van der Waals surface area contributed by atoms with Crippen LogP contribution in [0.15, 0.2) is 12.4 Å². The number of aryl methyl sites for hydroxylation is 1. The van der Waals surface area contributed by atoms with Crippen molar-refractivity contribution in [1.29, 1.82) is 0 Å². The molecule has 88 valence electrons. The predicted molar refractivity (Wildman–Crippen MR) is 65.2 cm³/mol. The highest BCUT2D eigenvalue weighted by Crippen LogP contribution is 2.36. The van der Waals surface area contributed by atoms with Crippen LogP contribution in [-0.4, -0.2) is 16.5 Å². The van der Waals surface area contributed by atoms with Gasteiger partial charge in [0.05, 0.1) is 0 Å². The van der Waals surface area contributed by atoms with Crippen LogP contribution in [0.3, 0.4) is 0 Å². The Bertz CT molecular complexity index is 324. The molecule has 0 aromatic carbocycles. The SMILES string of the molecule is Cc1ncc(C2(CN)CCCCCC2)cn1. The molecule has 1 aliphatic carbocycles. The zero-order chi connectivity index (χ0) is 11.4. The maximum absolute atomic E-state index is 6.02. The molecule has 0 aliphatic heterocycles. The molecular weight excluding hydrogens is 198 g/mol. The molecule has 1 saturated carbocycles. The minimum Gasteiger partial charge on any atom is -0.330 e. The Morgan fingerprint density at radius 3 is 2.19 bits per heavy atom. The average molecular weight is 219 g/mol. The van der Waals surface area contributed by atoms with Crippen LogP contribution in [0.25, 0.3) is 0 Å². The van der Waals surface area contributed by atoms with Gasteiger partial charge in [0.15, 0.2) is 0 Å². The second kappa shape index (κ2) is 4.91. The van der Waals surface area contributed by atoms with Gasteiger partial charge in [-0.1, -0.05) is 25.7 Å². The van der Waals surface area contributed by atoms with Gasteiger partial charge in [0.25, 0.3) is 0 Å².